The Bertz CT molecular complexity index is 585. The first-order chi connectivity index (χ1) is 9.02. The van der Waals surface area contributed by atoms with E-state index < -0.39 is 12.6 Å². The maximum Gasteiger partial charge on any atom is 0.123 e. The van der Waals surface area contributed by atoms with Gasteiger partial charge in [-0.3, -0.25) is 4.39 Å². The summed E-state index contributed by atoms with van der Waals surface area (Å²) in [4.78, 5) is 0. The van der Waals surface area contributed by atoms with Crippen molar-refractivity contribution in [3.05, 3.63) is 57.8 Å². The molecule has 0 aromatic heterocycles. The van der Waals surface area contributed by atoms with Crippen LogP contribution >= 0.6 is 15.9 Å². The molecule has 0 aliphatic carbocycles. The molecule has 0 radical (unpaired) electrons. The van der Waals surface area contributed by atoms with Crippen molar-refractivity contribution >= 4 is 27.3 Å². The van der Waals surface area contributed by atoms with Crippen LogP contribution in [-0.4, -0.2) is 6.67 Å². The third-order valence-electron chi connectivity index (χ3n) is 3.00. The summed E-state index contributed by atoms with van der Waals surface area (Å²) in [6.07, 6.45) is 0. The Balaban J connectivity index is 2.47. The topological polar surface area (TPSA) is 52.0 Å². The number of hydrogen-bond acceptors (Lipinski definition) is 2. The number of nitrogen functional groups attached to an aromatic ring is 2. The fraction of sp³-hybridized carbons (Fsp3) is 0.143. The Hall–Kier alpha value is -1.62. The van der Waals surface area contributed by atoms with Crippen LogP contribution in [-0.2, 0) is 0 Å². The van der Waals surface area contributed by atoms with Gasteiger partial charge in [-0.25, -0.2) is 4.39 Å². The van der Waals surface area contributed by atoms with E-state index >= 15 is 0 Å². The van der Waals surface area contributed by atoms with Crippen LogP contribution in [0.3, 0.4) is 0 Å². The maximum absolute atomic E-state index is 13.4. The first-order valence-corrected chi connectivity index (χ1v) is 6.48. The Labute approximate surface area is 118 Å². The van der Waals surface area contributed by atoms with E-state index in [1.807, 2.05) is 0 Å². The van der Waals surface area contributed by atoms with Gasteiger partial charge in [-0.15, -0.1) is 0 Å². The first kappa shape index (κ1) is 13.8. The lowest BCUT2D eigenvalue weighted by atomic mass is 9.92. The summed E-state index contributed by atoms with van der Waals surface area (Å²) in [5.41, 5.74) is 13.7. The maximum atomic E-state index is 13.4. The monoisotopic (exact) mass is 326 g/mol. The quantitative estimate of drug-likeness (QED) is 0.841. The molecule has 0 aliphatic rings. The van der Waals surface area contributed by atoms with E-state index in [2.05, 4.69) is 15.9 Å². The molecule has 0 bridgehead atoms. The van der Waals surface area contributed by atoms with Crippen molar-refractivity contribution in [2.75, 3.05) is 18.1 Å². The van der Waals surface area contributed by atoms with E-state index in [0.29, 0.717) is 27.0 Å². The van der Waals surface area contributed by atoms with Gasteiger partial charge in [0.25, 0.3) is 0 Å². The molecule has 0 spiro atoms. The summed E-state index contributed by atoms with van der Waals surface area (Å²) in [6, 6.07) is 9.06. The highest BCUT2D eigenvalue weighted by Crippen LogP contribution is 2.35. The van der Waals surface area contributed by atoms with Gasteiger partial charge in [-0.1, -0.05) is 28.1 Å². The third kappa shape index (κ3) is 2.87. The van der Waals surface area contributed by atoms with E-state index in [1.165, 1.54) is 12.1 Å². The second kappa shape index (κ2) is 5.57. The van der Waals surface area contributed by atoms with E-state index in [1.54, 1.807) is 24.3 Å². The van der Waals surface area contributed by atoms with Crippen molar-refractivity contribution in [1.82, 2.24) is 0 Å². The molecule has 100 valence electrons. The second-order valence-corrected chi connectivity index (χ2v) is 5.12. The molecule has 0 saturated heterocycles. The number of nitrogens with two attached hydrogens (primary N) is 2. The number of hydrogen-bond donors (Lipinski definition) is 2. The molecule has 2 rings (SSSR count). The molecule has 5 heteroatoms. The standard InChI is InChI=1S/C14H13BrF2N2/c15-12-6-14(19)13(18)5-10(12)11(7-16)8-1-3-9(17)4-2-8/h1-6,11H,7,18-19H2. The summed E-state index contributed by atoms with van der Waals surface area (Å²) < 4.78 is 27.0. The summed E-state index contributed by atoms with van der Waals surface area (Å²) in [6.45, 7) is -0.604. The van der Waals surface area contributed by atoms with Crippen LogP contribution in [0.25, 0.3) is 0 Å². The van der Waals surface area contributed by atoms with Crippen molar-refractivity contribution < 1.29 is 8.78 Å². The van der Waals surface area contributed by atoms with Gasteiger partial charge in [0, 0.05) is 10.4 Å². The van der Waals surface area contributed by atoms with Gasteiger partial charge in [0.15, 0.2) is 0 Å². The van der Waals surface area contributed by atoms with Crippen LogP contribution in [0.4, 0.5) is 20.2 Å². The van der Waals surface area contributed by atoms with Crippen LogP contribution in [0.5, 0.6) is 0 Å². The second-order valence-electron chi connectivity index (χ2n) is 4.26. The summed E-state index contributed by atoms with van der Waals surface area (Å²) in [7, 11) is 0. The Kier molecular flexibility index (Phi) is 4.04. The minimum Gasteiger partial charge on any atom is -0.397 e. The molecule has 0 fully saturated rings. The normalized spacial score (nSPS) is 12.4. The molecule has 2 aromatic carbocycles. The van der Waals surface area contributed by atoms with Crippen molar-refractivity contribution in [1.29, 1.82) is 0 Å². The number of rotatable bonds is 3. The lowest BCUT2D eigenvalue weighted by Gasteiger charge is -2.17. The zero-order chi connectivity index (χ0) is 14.0. The van der Waals surface area contributed by atoms with Crippen molar-refractivity contribution in [3.8, 4) is 0 Å². The summed E-state index contributed by atoms with van der Waals surface area (Å²) >= 11 is 3.36. The molecule has 19 heavy (non-hydrogen) atoms. The minimum absolute atomic E-state index is 0.350. The highest BCUT2D eigenvalue weighted by atomic mass is 79.9. The SMILES string of the molecule is Nc1cc(Br)c(C(CF)c2ccc(F)cc2)cc1N. The zero-order valence-electron chi connectivity index (χ0n) is 10.0. The molecule has 0 saturated carbocycles. The molecular weight excluding hydrogens is 314 g/mol. The fourth-order valence-electron chi connectivity index (χ4n) is 1.94. The molecule has 2 nitrogen and oxygen atoms in total. The van der Waals surface area contributed by atoms with Gasteiger partial charge in [-0.2, -0.15) is 0 Å². The van der Waals surface area contributed by atoms with Crippen molar-refractivity contribution in [2.45, 2.75) is 5.92 Å². The Morgan fingerprint density at radius 1 is 1.05 bits per heavy atom. The van der Waals surface area contributed by atoms with Crippen LogP contribution < -0.4 is 11.5 Å². The zero-order valence-corrected chi connectivity index (χ0v) is 11.6. The number of benzene rings is 2. The van der Waals surface area contributed by atoms with E-state index in [0.717, 1.165) is 0 Å². The first-order valence-electron chi connectivity index (χ1n) is 5.68. The average Bonchev–Trinajstić information content (AvgIpc) is 2.38. The molecular formula is C14H13BrF2N2. The molecule has 1 unspecified atom stereocenters. The number of alkyl halides is 1. The van der Waals surface area contributed by atoms with Gasteiger partial charge in [0.05, 0.1) is 11.4 Å². The van der Waals surface area contributed by atoms with Crippen molar-refractivity contribution in [2.24, 2.45) is 0 Å². The van der Waals surface area contributed by atoms with Crippen LogP contribution in [0.2, 0.25) is 0 Å². The minimum atomic E-state index is -0.604. The van der Waals surface area contributed by atoms with Gasteiger partial charge in [0.2, 0.25) is 0 Å². The Morgan fingerprint density at radius 2 is 1.63 bits per heavy atom. The molecule has 0 heterocycles. The lowest BCUT2D eigenvalue weighted by Crippen LogP contribution is -2.06. The van der Waals surface area contributed by atoms with Crippen molar-refractivity contribution in [3.63, 3.8) is 0 Å². The largest absolute Gasteiger partial charge is 0.397 e. The van der Waals surface area contributed by atoms with Gasteiger partial charge in [-0.05, 0) is 35.4 Å². The molecule has 2 aromatic rings. The highest BCUT2D eigenvalue weighted by molar-refractivity contribution is 9.10. The molecule has 0 aliphatic heterocycles. The van der Waals surface area contributed by atoms with E-state index in [4.69, 9.17) is 11.5 Å². The van der Waals surface area contributed by atoms with Crippen LogP contribution in [0, 0.1) is 5.82 Å². The Morgan fingerprint density at radius 3 is 2.21 bits per heavy atom. The van der Waals surface area contributed by atoms with Gasteiger partial charge >= 0.3 is 0 Å². The predicted molar refractivity (Wildman–Crippen MR) is 77.2 cm³/mol. The van der Waals surface area contributed by atoms with Gasteiger partial charge < -0.3 is 11.5 Å². The van der Waals surface area contributed by atoms with E-state index in [-0.39, 0.29) is 5.82 Å². The lowest BCUT2D eigenvalue weighted by molar-refractivity contribution is 0.460. The molecule has 1 atom stereocenters. The fourth-order valence-corrected chi connectivity index (χ4v) is 2.57. The number of anilines is 2. The summed E-state index contributed by atoms with van der Waals surface area (Å²) in [5, 5.41) is 0. The summed E-state index contributed by atoms with van der Waals surface area (Å²) in [5.74, 6) is -0.852. The van der Waals surface area contributed by atoms with E-state index in [9.17, 15) is 8.78 Å². The van der Waals surface area contributed by atoms with Gasteiger partial charge in [0.1, 0.15) is 12.5 Å². The average molecular weight is 327 g/mol. The molecule has 0 amide bonds. The highest BCUT2D eigenvalue weighted by Gasteiger charge is 2.18. The number of halogens is 3. The third-order valence-corrected chi connectivity index (χ3v) is 3.69. The molecule has 4 N–H and O–H groups in total. The predicted octanol–water partition coefficient (Wildman–Crippen LogP) is 3.85. The van der Waals surface area contributed by atoms with Crippen LogP contribution in [0.15, 0.2) is 40.9 Å². The smallest absolute Gasteiger partial charge is 0.123 e. The van der Waals surface area contributed by atoms with Crippen LogP contribution in [0.1, 0.15) is 17.0 Å².